The van der Waals surface area contributed by atoms with Crippen LogP contribution >= 0.6 is 0 Å². The van der Waals surface area contributed by atoms with Crippen molar-refractivity contribution in [2.75, 3.05) is 25.5 Å². The Morgan fingerprint density at radius 2 is 1.82 bits per heavy atom. The lowest BCUT2D eigenvalue weighted by Crippen LogP contribution is -2.40. The van der Waals surface area contributed by atoms with Crippen LogP contribution in [0.3, 0.4) is 0 Å². The monoisotopic (exact) mass is 376 g/mol. The van der Waals surface area contributed by atoms with E-state index in [2.05, 4.69) is 39.8 Å². The van der Waals surface area contributed by atoms with Gasteiger partial charge in [0.05, 0.1) is 12.8 Å². The van der Waals surface area contributed by atoms with Gasteiger partial charge in [-0.3, -0.25) is 10.4 Å². The van der Waals surface area contributed by atoms with Crippen molar-refractivity contribution in [1.82, 2.24) is 15.1 Å². The first-order valence-corrected chi connectivity index (χ1v) is 9.53. The van der Waals surface area contributed by atoms with Gasteiger partial charge >= 0.3 is 6.03 Å². The Balaban J connectivity index is 1.34. The molecule has 6 nitrogen and oxygen atoms in total. The molecule has 0 radical (unpaired) electrons. The summed E-state index contributed by atoms with van der Waals surface area (Å²) in [6.45, 7) is 1.50. The highest BCUT2D eigenvalue weighted by atomic mass is 16.5. The zero-order valence-electron chi connectivity index (χ0n) is 15.9. The smallest absolute Gasteiger partial charge is 0.323 e. The lowest BCUT2D eigenvalue weighted by molar-refractivity contribution is 0.194. The van der Waals surface area contributed by atoms with Crippen molar-refractivity contribution in [3.05, 3.63) is 66.2 Å². The molecule has 2 N–H and O–H groups in total. The molecule has 1 aliphatic heterocycles. The minimum atomic E-state index is -0.0979. The number of H-pyrrole nitrogens is 1. The fourth-order valence-electron chi connectivity index (χ4n) is 3.63. The first-order valence-electron chi connectivity index (χ1n) is 9.53. The third-order valence-electron chi connectivity index (χ3n) is 5.27. The number of likely N-dealkylation sites (tertiary alicyclic amines) is 1. The molecule has 4 rings (SSSR count). The van der Waals surface area contributed by atoms with Crippen molar-refractivity contribution in [2.45, 2.75) is 18.8 Å². The molecule has 1 saturated heterocycles. The predicted molar refractivity (Wildman–Crippen MR) is 110 cm³/mol. The van der Waals surface area contributed by atoms with E-state index in [1.54, 1.807) is 7.11 Å². The summed E-state index contributed by atoms with van der Waals surface area (Å²) in [5.74, 6) is 1.86. The first-order chi connectivity index (χ1) is 13.7. The average molecular weight is 376 g/mol. The van der Waals surface area contributed by atoms with E-state index in [-0.39, 0.29) is 6.03 Å². The van der Waals surface area contributed by atoms with E-state index in [0.717, 1.165) is 42.9 Å². The van der Waals surface area contributed by atoms with Crippen LogP contribution in [0.2, 0.25) is 0 Å². The third kappa shape index (κ3) is 4.01. The van der Waals surface area contributed by atoms with Crippen LogP contribution < -0.4 is 10.1 Å². The molecular weight excluding hydrogens is 352 g/mol. The lowest BCUT2D eigenvalue weighted by Gasteiger charge is -2.32. The summed E-state index contributed by atoms with van der Waals surface area (Å²) in [7, 11) is 1.64. The number of nitrogens with zero attached hydrogens (tertiary/aromatic N) is 2. The SMILES string of the molecule is COc1ccc(-c2cc(NC(=O)N3CCC(c4ccccc4)CC3)n[nH]2)cc1. The number of piperidine rings is 1. The Morgan fingerprint density at radius 3 is 2.50 bits per heavy atom. The summed E-state index contributed by atoms with van der Waals surface area (Å²) in [6.07, 6.45) is 1.96. The molecule has 1 aliphatic rings. The Hall–Kier alpha value is -3.28. The number of hydrogen-bond donors (Lipinski definition) is 2. The normalized spacial score (nSPS) is 14.7. The topological polar surface area (TPSA) is 70.2 Å². The van der Waals surface area contributed by atoms with Crippen LogP contribution in [0, 0.1) is 0 Å². The Labute approximate surface area is 164 Å². The van der Waals surface area contributed by atoms with Crippen molar-refractivity contribution < 1.29 is 9.53 Å². The van der Waals surface area contributed by atoms with E-state index < -0.39 is 0 Å². The fourth-order valence-corrected chi connectivity index (χ4v) is 3.63. The number of carbonyl (C=O) groups excluding carboxylic acids is 1. The molecular formula is C22H24N4O2. The average Bonchev–Trinajstić information content (AvgIpc) is 3.23. The molecule has 0 aliphatic carbocycles. The molecule has 0 atom stereocenters. The van der Waals surface area contributed by atoms with Gasteiger partial charge in [-0.25, -0.2) is 4.79 Å². The van der Waals surface area contributed by atoms with Crippen molar-refractivity contribution in [3.8, 4) is 17.0 Å². The van der Waals surface area contributed by atoms with Crippen molar-refractivity contribution in [2.24, 2.45) is 0 Å². The van der Waals surface area contributed by atoms with Gasteiger partial charge in [-0.1, -0.05) is 30.3 Å². The molecule has 1 fully saturated rings. The van der Waals surface area contributed by atoms with Gasteiger partial charge < -0.3 is 9.64 Å². The number of amides is 2. The van der Waals surface area contributed by atoms with Gasteiger partial charge in [0.1, 0.15) is 5.75 Å². The van der Waals surface area contributed by atoms with Crippen LogP contribution in [-0.4, -0.2) is 41.3 Å². The van der Waals surface area contributed by atoms with Crippen molar-refractivity contribution >= 4 is 11.8 Å². The molecule has 2 amide bonds. The Bertz CT molecular complexity index is 913. The summed E-state index contributed by atoms with van der Waals surface area (Å²) < 4.78 is 5.18. The molecule has 28 heavy (non-hydrogen) atoms. The van der Waals surface area contributed by atoms with Crippen LogP contribution in [0.5, 0.6) is 5.75 Å². The quantitative estimate of drug-likeness (QED) is 0.704. The largest absolute Gasteiger partial charge is 0.497 e. The molecule has 1 aromatic heterocycles. The number of rotatable bonds is 4. The van der Waals surface area contributed by atoms with E-state index in [9.17, 15) is 4.79 Å². The van der Waals surface area contributed by atoms with Gasteiger partial charge in [-0.05, 0) is 54.2 Å². The molecule has 0 unspecified atom stereocenters. The molecule has 3 aromatic rings. The lowest BCUT2D eigenvalue weighted by atomic mass is 9.90. The number of nitrogens with one attached hydrogen (secondary N) is 2. The number of anilines is 1. The highest BCUT2D eigenvalue weighted by molar-refractivity contribution is 5.89. The van der Waals surface area contributed by atoms with Gasteiger partial charge in [0.2, 0.25) is 0 Å². The van der Waals surface area contributed by atoms with E-state index >= 15 is 0 Å². The van der Waals surface area contributed by atoms with E-state index in [1.165, 1.54) is 5.56 Å². The van der Waals surface area contributed by atoms with Gasteiger partial charge in [0.15, 0.2) is 5.82 Å². The van der Waals surface area contributed by atoms with E-state index in [4.69, 9.17) is 4.74 Å². The second-order valence-corrected chi connectivity index (χ2v) is 7.00. The Kier molecular flexibility index (Phi) is 5.28. The number of benzene rings is 2. The second-order valence-electron chi connectivity index (χ2n) is 7.00. The minimum absolute atomic E-state index is 0.0979. The number of urea groups is 1. The van der Waals surface area contributed by atoms with Crippen LogP contribution in [-0.2, 0) is 0 Å². The van der Waals surface area contributed by atoms with Crippen LogP contribution in [0.1, 0.15) is 24.3 Å². The number of methoxy groups -OCH3 is 1. The van der Waals surface area contributed by atoms with Crippen molar-refractivity contribution in [3.63, 3.8) is 0 Å². The molecule has 2 heterocycles. The highest BCUT2D eigenvalue weighted by Crippen LogP contribution is 2.28. The molecule has 144 valence electrons. The molecule has 0 saturated carbocycles. The molecule has 6 heteroatoms. The third-order valence-corrected chi connectivity index (χ3v) is 5.27. The van der Waals surface area contributed by atoms with Gasteiger partial charge in [0, 0.05) is 19.2 Å². The molecule has 0 bridgehead atoms. The maximum atomic E-state index is 12.6. The summed E-state index contributed by atoms with van der Waals surface area (Å²) in [4.78, 5) is 14.4. The van der Waals surface area contributed by atoms with Crippen LogP contribution in [0.25, 0.3) is 11.3 Å². The fraction of sp³-hybridized carbons (Fsp3) is 0.273. The van der Waals surface area contributed by atoms with Crippen LogP contribution in [0.15, 0.2) is 60.7 Å². The Morgan fingerprint density at radius 1 is 1.11 bits per heavy atom. The van der Waals surface area contributed by atoms with Gasteiger partial charge in [0.25, 0.3) is 0 Å². The van der Waals surface area contributed by atoms with Gasteiger partial charge in [-0.15, -0.1) is 0 Å². The second kappa shape index (κ2) is 8.17. The number of hydrogen-bond acceptors (Lipinski definition) is 3. The van der Waals surface area contributed by atoms with Gasteiger partial charge in [-0.2, -0.15) is 5.10 Å². The molecule has 0 spiro atoms. The number of ether oxygens (including phenoxy) is 1. The van der Waals surface area contributed by atoms with Crippen LogP contribution in [0.4, 0.5) is 10.6 Å². The van der Waals surface area contributed by atoms with E-state index in [1.807, 2.05) is 41.3 Å². The number of aromatic amines is 1. The zero-order chi connectivity index (χ0) is 19.3. The summed E-state index contributed by atoms with van der Waals surface area (Å²) >= 11 is 0. The predicted octanol–water partition coefficient (Wildman–Crippen LogP) is 4.50. The number of aromatic nitrogens is 2. The van der Waals surface area contributed by atoms with Crippen molar-refractivity contribution in [1.29, 1.82) is 0 Å². The summed E-state index contributed by atoms with van der Waals surface area (Å²) in [5, 5.41) is 10.1. The highest BCUT2D eigenvalue weighted by Gasteiger charge is 2.24. The maximum absolute atomic E-state index is 12.6. The maximum Gasteiger partial charge on any atom is 0.323 e. The standard InChI is InChI=1S/C22H24N4O2/c1-28-19-9-7-18(8-10-19)20-15-21(25-24-20)23-22(27)26-13-11-17(12-14-26)16-5-3-2-4-6-16/h2-10,15,17H,11-14H2,1H3,(H2,23,24,25,27). The summed E-state index contributed by atoms with van der Waals surface area (Å²) in [5.41, 5.74) is 3.19. The first kappa shape index (κ1) is 18.1. The molecule has 2 aromatic carbocycles. The van der Waals surface area contributed by atoms with E-state index in [0.29, 0.717) is 11.7 Å². The zero-order valence-corrected chi connectivity index (χ0v) is 15.9. The number of carbonyl (C=O) groups is 1. The minimum Gasteiger partial charge on any atom is -0.497 e. The summed E-state index contributed by atoms with van der Waals surface area (Å²) in [6, 6.07) is 20.0.